The molecule has 1 N–H and O–H groups in total. The normalized spacial score (nSPS) is 18.9. The van der Waals surface area contributed by atoms with E-state index in [-0.39, 0.29) is 11.3 Å². The summed E-state index contributed by atoms with van der Waals surface area (Å²) >= 11 is 0. The van der Waals surface area contributed by atoms with Gasteiger partial charge in [0.25, 0.3) is 11.7 Å². The second-order valence-corrected chi connectivity index (χ2v) is 6.94. The fourth-order valence-electron chi connectivity index (χ4n) is 3.32. The molecule has 146 valence electrons. The first kappa shape index (κ1) is 19.7. The number of hydrogen-bond donors (Lipinski definition) is 1. The van der Waals surface area contributed by atoms with Crippen LogP contribution in [-0.4, -0.2) is 58.8 Å². The summed E-state index contributed by atoms with van der Waals surface area (Å²) in [5.74, 6) is -2.08. The first-order valence-corrected chi connectivity index (χ1v) is 8.99. The maximum absolute atomic E-state index is 13.4. The molecule has 0 bridgehead atoms. The highest BCUT2D eigenvalue weighted by molar-refractivity contribution is 6.46. The molecule has 0 unspecified atom stereocenters. The van der Waals surface area contributed by atoms with E-state index in [4.69, 9.17) is 0 Å². The van der Waals surface area contributed by atoms with E-state index in [2.05, 4.69) is 4.98 Å². The van der Waals surface area contributed by atoms with Crippen LogP contribution < -0.4 is 0 Å². The number of pyridine rings is 1. The Balaban J connectivity index is 2.07. The lowest BCUT2D eigenvalue weighted by atomic mass is 9.95. The Morgan fingerprint density at radius 1 is 1.14 bits per heavy atom. The van der Waals surface area contributed by atoms with E-state index in [0.717, 1.165) is 6.54 Å². The number of Topliss-reactive ketones (excluding diaryl/α,β-unsaturated/α-hetero) is 1. The van der Waals surface area contributed by atoms with E-state index < -0.39 is 23.5 Å². The number of amides is 1. The number of aliphatic hydroxyl groups excluding tert-OH is 1. The van der Waals surface area contributed by atoms with Gasteiger partial charge in [-0.3, -0.25) is 14.6 Å². The van der Waals surface area contributed by atoms with Gasteiger partial charge in [-0.15, -0.1) is 0 Å². The third-order valence-electron chi connectivity index (χ3n) is 4.68. The number of halogens is 1. The van der Waals surface area contributed by atoms with Crippen molar-refractivity contribution >= 4 is 17.4 Å². The zero-order valence-electron chi connectivity index (χ0n) is 15.8. The smallest absolute Gasteiger partial charge is 0.295 e. The number of ketones is 1. The summed E-state index contributed by atoms with van der Waals surface area (Å²) in [6.45, 7) is 1.08. The molecule has 1 fully saturated rings. The topological polar surface area (TPSA) is 73.7 Å². The number of carbonyl (C=O) groups excluding carboxylic acids is 2. The van der Waals surface area contributed by atoms with Gasteiger partial charge in [-0.1, -0.05) is 12.1 Å². The lowest BCUT2D eigenvalue weighted by molar-refractivity contribution is -0.139. The number of aromatic nitrogens is 1. The molecule has 0 saturated carbocycles. The van der Waals surface area contributed by atoms with Gasteiger partial charge in [0, 0.05) is 24.5 Å². The van der Waals surface area contributed by atoms with Crippen LogP contribution in [0.15, 0.2) is 54.4 Å². The number of carbonyl (C=O) groups is 2. The monoisotopic (exact) mass is 383 g/mol. The van der Waals surface area contributed by atoms with E-state index in [9.17, 15) is 19.1 Å². The Bertz CT molecular complexity index is 895. The summed E-state index contributed by atoms with van der Waals surface area (Å²) in [4.78, 5) is 32.8. The third kappa shape index (κ3) is 3.94. The standard InChI is InChI=1S/C21H22FN3O3/c1-24(2)12-3-13-25-18(14-4-6-16(22)7-5-14)17(20(27)21(25)28)19(26)15-8-10-23-11-9-15/h4-11,18,26H,3,12-13H2,1-2H3/b19-17+/t18-/m0/s1. The van der Waals surface area contributed by atoms with Crippen molar-refractivity contribution in [2.75, 3.05) is 27.2 Å². The second-order valence-electron chi connectivity index (χ2n) is 6.94. The average Bonchev–Trinajstić information content (AvgIpc) is 2.93. The largest absolute Gasteiger partial charge is 0.507 e. The maximum atomic E-state index is 13.4. The molecule has 1 aliphatic heterocycles. The molecule has 1 aromatic carbocycles. The SMILES string of the molecule is CN(C)CCCN1C(=O)C(=O)/C(=C(/O)c2ccncc2)[C@@H]1c1ccc(F)cc1. The molecule has 0 aliphatic carbocycles. The Morgan fingerprint density at radius 2 is 1.79 bits per heavy atom. The molecule has 2 heterocycles. The Labute approximate surface area is 162 Å². The van der Waals surface area contributed by atoms with Gasteiger partial charge in [0.2, 0.25) is 0 Å². The van der Waals surface area contributed by atoms with Crippen LogP contribution in [0.5, 0.6) is 0 Å². The molecule has 0 radical (unpaired) electrons. The summed E-state index contributed by atoms with van der Waals surface area (Å²) in [5, 5.41) is 10.8. The Hall–Kier alpha value is -3.06. The molecule has 1 aliphatic rings. The first-order chi connectivity index (χ1) is 13.4. The van der Waals surface area contributed by atoms with Gasteiger partial charge in [0.05, 0.1) is 11.6 Å². The Morgan fingerprint density at radius 3 is 2.39 bits per heavy atom. The lowest BCUT2D eigenvalue weighted by Gasteiger charge is -2.26. The van der Waals surface area contributed by atoms with Crippen LogP contribution in [0.1, 0.15) is 23.6 Å². The van der Waals surface area contributed by atoms with E-state index >= 15 is 0 Å². The highest BCUT2D eigenvalue weighted by atomic mass is 19.1. The summed E-state index contributed by atoms with van der Waals surface area (Å²) in [5.41, 5.74) is 0.974. The van der Waals surface area contributed by atoms with Crippen molar-refractivity contribution in [3.8, 4) is 0 Å². The van der Waals surface area contributed by atoms with Crippen molar-refractivity contribution < 1.29 is 19.1 Å². The van der Waals surface area contributed by atoms with E-state index in [1.54, 1.807) is 12.1 Å². The Kier molecular flexibility index (Phi) is 5.84. The molecule has 3 rings (SSSR count). The fraction of sp³-hybridized carbons (Fsp3) is 0.286. The second kappa shape index (κ2) is 8.31. The van der Waals surface area contributed by atoms with Gasteiger partial charge >= 0.3 is 0 Å². The third-order valence-corrected chi connectivity index (χ3v) is 4.68. The number of likely N-dealkylation sites (tertiary alicyclic amines) is 1. The van der Waals surface area contributed by atoms with Crippen LogP contribution in [0.2, 0.25) is 0 Å². The molecule has 1 saturated heterocycles. The summed E-state index contributed by atoms with van der Waals surface area (Å²) < 4.78 is 13.4. The fourth-order valence-corrected chi connectivity index (χ4v) is 3.32. The molecule has 6 nitrogen and oxygen atoms in total. The number of aliphatic hydroxyl groups is 1. The predicted octanol–water partition coefficient (Wildman–Crippen LogP) is 2.59. The zero-order valence-corrected chi connectivity index (χ0v) is 15.8. The molecule has 1 aromatic heterocycles. The van der Waals surface area contributed by atoms with Crippen LogP contribution in [-0.2, 0) is 9.59 Å². The van der Waals surface area contributed by atoms with Gasteiger partial charge in [-0.2, -0.15) is 0 Å². The molecule has 0 spiro atoms. The average molecular weight is 383 g/mol. The lowest BCUT2D eigenvalue weighted by Crippen LogP contribution is -2.32. The predicted molar refractivity (Wildman–Crippen MR) is 103 cm³/mol. The minimum Gasteiger partial charge on any atom is -0.507 e. The van der Waals surface area contributed by atoms with Crippen molar-refractivity contribution in [3.63, 3.8) is 0 Å². The zero-order chi connectivity index (χ0) is 20.3. The van der Waals surface area contributed by atoms with Crippen LogP contribution in [0.25, 0.3) is 5.76 Å². The highest BCUT2D eigenvalue weighted by Crippen LogP contribution is 2.39. The van der Waals surface area contributed by atoms with Crippen LogP contribution in [0, 0.1) is 5.82 Å². The number of nitrogens with zero attached hydrogens (tertiary/aromatic N) is 3. The van der Waals surface area contributed by atoms with Gasteiger partial charge in [0.15, 0.2) is 0 Å². The minimum absolute atomic E-state index is 0.00709. The minimum atomic E-state index is -0.768. The van der Waals surface area contributed by atoms with Crippen molar-refractivity contribution in [1.82, 2.24) is 14.8 Å². The van der Waals surface area contributed by atoms with Crippen molar-refractivity contribution in [2.24, 2.45) is 0 Å². The molecular formula is C21H22FN3O3. The molecule has 7 heteroatoms. The van der Waals surface area contributed by atoms with E-state index in [1.807, 2.05) is 19.0 Å². The molecule has 28 heavy (non-hydrogen) atoms. The van der Waals surface area contributed by atoms with E-state index in [0.29, 0.717) is 24.1 Å². The van der Waals surface area contributed by atoms with E-state index in [1.165, 1.54) is 41.6 Å². The van der Waals surface area contributed by atoms with Crippen LogP contribution >= 0.6 is 0 Å². The summed E-state index contributed by atoms with van der Waals surface area (Å²) in [7, 11) is 3.85. The molecular weight excluding hydrogens is 361 g/mol. The number of hydrogen-bond acceptors (Lipinski definition) is 5. The van der Waals surface area contributed by atoms with Gasteiger partial charge in [0.1, 0.15) is 11.6 Å². The highest BCUT2D eigenvalue weighted by Gasteiger charge is 2.45. The first-order valence-electron chi connectivity index (χ1n) is 8.99. The van der Waals surface area contributed by atoms with Crippen molar-refractivity contribution in [1.29, 1.82) is 0 Å². The number of benzene rings is 1. The van der Waals surface area contributed by atoms with Gasteiger partial charge in [-0.05, 0) is 56.9 Å². The van der Waals surface area contributed by atoms with Crippen LogP contribution in [0.4, 0.5) is 4.39 Å². The van der Waals surface area contributed by atoms with Crippen molar-refractivity contribution in [2.45, 2.75) is 12.5 Å². The van der Waals surface area contributed by atoms with Gasteiger partial charge in [-0.25, -0.2) is 4.39 Å². The summed E-state index contributed by atoms with van der Waals surface area (Å²) in [6, 6.07) is 7.99. The van der Waals surface area contributed by atoms with Crippen LogP contribution in [0.3, 0.4) is 0 Å². The molecule has 1 atom stereocenters. The molecule has 1 amide bonds. The van der Waals surface area contributed by atoms with Crippen molar-refractivity contribution in [3.05, 3.63) is 71.3 Å². The quantitative estimate of drug-likeness (QED) is 0.472. The van der Waals surface area contributed by atoms with Gasteiger partial charge < -0.3 is 14.9 Å². The number of rotatable bonds is 6. The summed E-state index contributed by atoms with van der Waals surface area (Å²) in [6.07, 6.45) is 3.65. The maximum Gasteiger partial charge on any atom is 0.295 e. The molecule has 2 aromatic rings.